The summed E-state index contributed by atoms with van der Waals surface area (Å²) in [5.74, 6) is 0.0251. The van der Waals surface area contributed by atoms with Gasteiger partial charge in [-0.15, -0.1) is 0 Å². The van der Waals surface area contributed by atoms with E-state index in [2.05, 4.69) is 29.0 Å². The topological polar surface area (TPSA) is 38.8 Å². The molecule has 5 nitrogen and oxygen atoms in total. The van der Waals surface area contributed by atoms with Crippen LogP contribution in [0.5, 0.6) is 0 Å². The van der Waals surface area contributed by atoms with E-state index >= 15 is 0 Å². The van der Waals surface area contributed by atoms with Crippen molar-refractivity contribution in [1.29, 1.82) is 0 Å². The van der Waals surface area contributed by atoms with E-state index < -0.39 is 0 Å². The van der Waals surface area contributed by atoms with Gasteiger partial charge in [0.1, 0.15) is 5.82 Å². The Bertz CT molecular complexity index is 586. The molecule has 2 fully saturated rings. The molecule has 2 aliphatic rings. The molecule has 0 aromatic heterocycles. The first-order chi connectivity index (χ1) is 12.0. The van der Waals surface area contributed by atoms with Crippen molar-refractivity contribution in [2.24, 2.45) is 0 Å². The number of nitrogens with one attached hydrogen (secondary N) is 1. The average Bonchev–Trinajstić information content (AvgIpc) is 2.64. The zero-order valence-corrected chi connectivity index (χ0v) is 15.4. The molecule has 3 rings (SSSR count). The molecule has 2 heterocycles. The van der Waals surface area contributed by atoms with Gasteiger partial charge in [-0.3, -0.25) is 9.69 Å². The largest absolute Gasteiger partial charge is 0.369 e. The zero-order valence-electron chi connectivity index (χ0n) is 15.4. The molecule has 1 amide bonds. The van der Waals surface area contributed by atoms with Gasteiger partial charge in [0.15, 0.2) is 0 Å². The molecule has 6 heteroatoms. The number of carbonyl (C=O) groups is 1. The fourth-order valence-corrected chi connectivity index (χ4v) is 3.78. The van der Waals surface area contributed by atoms with Gasteiger partial charge in [0.2, 0.25) is 5.91 Å². The van der Waals surface area contributed by atoms with E-state index in [0.717, 1.165) is 45.0 Å². The zero-order chi connectivity index (χ0) is 18.0. The third kappa shape index (κ3) is 3.96. The molecular formula is C19H29FN4O. The van der Waals surface area contributed by atoms with Crippen molar-refractivity contribution in [3.8, 4) is 0 Å². The van der Waals surface area contributed by atoms with Crippen LogP contribution in [0.1, 0.15) is 20.8 Å². The van der Waals surface area contributed by atoms with Gasteiger partial charge < -0.3 is 15.1 Å². The highest BCUT2D eigenvalue weighted by atomic mass is 19.1. The number of hydrogen-bond donors (Lipinski definition) is 1. The lowest BCUT2D eigenvalue weighted by Gasteiger charge is -2.43. The maximum absolute atomic E-state index is 13.1. The summed E-state index contributed by atoms with van der Waals surface area (Å²) < 4.78 is 13.1. The highest BCUT2D eigenvalue weighted by molar-refractivity contribution is 5.82. The number of anilines is 1. The molecule has 2 aliphatic heterocycles. The molecule has 2 saturated heterocycles. The summed E-state index contributed by atoms with van der Waals surface area (Å²) in [5, 5.41) is 3.42. The predicted molar refractivity (Wildman–Crippen MR) is 98.3 cm³/mol. The van der Waals surface area contributed by atoms with E-state index in [1.165, 1.54) is 12.1 Å². The van der Waals surface area contributed by atoms with Gasteiger partial charge in [-0.1, -0.05) is 0 Å². The Morgan fingerprint density at radius 3 is 2.40 bits per heavy atom. The molecule has 0 radical (unpaired) electrons. The Morgan fingerprint density at radius 2 is 1.76 bits per heavy atom. The van der Waals surface area contributed by atoms with Crippen LogP contribution in [0.4, 0.5) is 10.1 Å². The summed E-state index contributed by atoms with van der Waals surface area (Å²) in [7, 11) is 0. The molecule has 0 aliphatic carbocycles. The SMILES string of the molecule is CC1NCCN(C(=O)C(C)N2CCN(c3ccc(F)cc3)CC2)C1C. The van der Waals surface area contributed by atoms with Crippen LogP contribution < -0.4 is 10.2 Å². The van der Waals surface area contributed by atoms with E-state index in [-0.39, 0.29) is 23.8 Å². The van der Waals surface area contributed by atoms with Crippen LogP contribution in [0.15, 0.2) is 24.3 Å². The van der Waals surface area contributed by atoms with Crippen LogP contribution in [-0.2, 0) is 4.79 Å². The van der Waals surface area contributed by atoms with E-state index in [1.807, 2.05) is 24.0 Å². The molecular weight excluding hydrogens is 319 g/mol. The van der Waals surface area contributed by atoms with Crippen molar-refractivity contribution in [3.63, 3.8) is 0 Å². The Morgan fingerprint density at radius 1 is 1.12 bits per heavy atom. The third-order valence-corrected chi connectivity index (χ3v) is 5.73. The first-order valence-electron chi connectivity index (χ1n) is 9.26. The van der Waals surface area contributed by atoms with Crippen molar-refractivity contribution in [2.45, 2.75) is 38.9 Å². The summed E-state index contributed by atoms with van der Waals surface area (Å²) in [6.07, 6.45) is 0. The molecule has 0 saturated carbocycles. The van der Waals surface area contributed by atoms with Crippen LogP contribution >= 0.6 is 0 Å². The Balaban J connectivity index is 1.56. The molecule has 1 aromatic carbocycles. The van der Waals surface area contributed by atoms with E-state index in [4.69, 9.17) is 0 Å². The van der Waals surface area contributed by atoms with Crippen LogP contribution in [-0.4, -0.2) is 73.1 Å². The van der Waals surface area contributed by atoms with Gasteiger partial charge in [-0.2, -0.15) is 0 Å². The lowest BCUT2D eigenvalue weighted by molar-refractivity contribution is -0.140. The number of halogens is 1. The molecule has 138 valence electrons. The number of benzene rings is 1. The van der Waals surface area contributed by atoms with Gasteiger partial charge in [0.25, 0.3) is 0 Å². The summed E-state index contributed by atoms with van der Waals surface area (Å²) in [4.78, 5) is 19.5. The molecule has 1 aromatic rings. The molecule has 3 unspecified atom stereocenters. The quantitative estimate of drug-likeness (QED) is 0.900. The monoisotopic (exact) mass is 348 g/mol. The number of nitrogens with zero attached hydrogens (tertiary/aromatic N) is 3. The minimum Gasteiger partial charge on any atom is -0.369 e. The number of carbonyl (C=O) groups excluding carboxylic acids is 1. The van der Waals surface area contributed by atoms with E-state index in [0.29, 0.717) is 6.04 Å². The Labute approximate surface area is 149 Å². The maximum Gasteiger partial charge on any atom is 0.239 e. The van der Waals surface area contributed by atoms with Crippen molar-refractivity contribution >= 4 is 11.6 Å². The minimum absolute atomic E-state index is 0.0943. The van der Waals surface area contributed by atoms with Crippen molar-refractivity contribution in [1.82, 2.24) is 15.1 Å². The Kier molecular flexibility index (Phi) is 5.59. The summed E-state index contributed by atoms with van der Waals surface area (Å²) in [6, 6.07) is 7.11. The second-order valence-corrected chi connectivity index (χ2v) is 7.19. The van der Waals surface area contributed by atoms with Gasteiger partial charge in [-0.25, -0.2) is 4.39 Å². The first-order valence-corrected chi connectivity index (χ1v) is 9.26. The van der Waals surface area contributed by atoms with Gasteiger partial charge in [-0.05, 0) is 45.0 Å². The highest BCUT2D eigenvalue weighted by Crippen LogP contribution is 2.19. The van der Waals surface area contributed by atoms with Crippen LogP contribution in [0, 0.1) is 5.82 Å². The average molecular weight is 348 g/mol. The van der Waals surface area contributed by atoms with Crippen LogP contribution in [0.25, 0.3) is 0 Å². The Hall–Kier alpha value is -1.66. The van der Waals surface area contributed by atoms with Gasteiger partial charge in [0, 0.05) is 57.0 Å². The van der Waals surface area contributed by atoms with Crippen molar-refractivity contribution in [3.05, 3.63) is 30.1 Å². The fraction of sp³-hybridized carbons (Fsp3) is 0.632. The molecule has 0 spiro atoms. The minimum atomic E-state index is -0.207. The summed E-state index contributed by atoms with van der Waals surface area (Å²) in [5.41, 5.74) is 1.05. The molecule has 1 N–H and O–H groups in total. The van der Waals surface area contributed by atoms with E-state index in [1.54, 1.807) is 0 Å². The predicted octanol–water partition coefficient (Wildman–Crippen LogP) is 1.54. The van der Waals surface area contributed by atoms with Crippen LogP contribution in [0.2, 0.25) is 0 Å². The van der Waals surface area contributed by atoms with Crippen LogP contribution in [0.3, 0.4) is 0 Å². The van der Waals surface area contributed by atoms with E-state index in [9.17, 15) is 9.18 Å². The van der Waals surface area contributed by atoms with Gasteiger partial charge in [0.05, 0.1) is 6.04 Å². The summed E-state index contributed by atoms with van der Waals surface area (Å²) in [6.45, 7) is 11.3. The second kappa shape index (κ2) is 7.70. The normalized spacial score (nSPS) is 26.6. The number of piperazine rings is 2. The standard InChI is InChI=1S/C19H29FN4O/c1-14-15(2)24(9-8-21-14)19(25)16(3)22-10-12-23(13-11-22)18-6-4-17(20)5-7-18/h4-7,14-16,21H,8-13H2,1-3H3. The molecule has 0 bridgehead atoms. The third-order valence-electron chi connectivity index (χ3n) is 5.73. The summed E-state index contributed by atoms with van der Waals surface area (Å²) >= 11 is 0. The smallest absolute Gasteiger partial charge is 0.239 e. The number of amides is 1. The highest BCUT2D eigenvalue weighted by Gasteiger charge is 2.34. The number of hydrogen-bond acceptors (Lipinski definition) is 4. The lowest BCUT2D eigenvalue weighted by Crippen LogP contribution is -2.62. The molecule has 25 heavy (non-hydrogen) atoms. The van der Waals surface area contributed by atoms with Gasteiger partial charge >= 0.3 is 0 Å². The first kappa shape index (κ1) is 18.1. The molecule has 3 atom stereocenters. The fourth-order valence-electron chi connectivity index (χ4n) is 3.78. The lowest BCUT2D eigenvalue weighted by atomic mass is 10.1. The second-order valence-electron chi connectivity index (χ2n) is 7.19. The van der Waals surface area contributed by atoms with Crippen molar-refractivity contribution < 1.29 is 9.18 Å². The maximum atomic E-state index is 13.1. The number of rotatable bonds is 3. The van der Waals surface area contributed by atoms with Crippen molar-refractivity contribution in [2.75, 3.05) is 44.2 Å².